The Labute approximate surface area is 147 Å². The van der Waals surface area contributed by atoms with Gasteiger partial charge in [0.1, 0.15) is 17.1 Å². The molecule has 1 aromatic rings. The third-order valence-corrected chi connectivity index (χ3v) is 3.73. The van der Waals surface area contributed by atoms with Crippen LogP contribution in [0.1, 0.15) is 31.1 Å². The molecule has 26 heavy (non-hydrogen) atoms. The summed E-state index contributed by atoms with van der Waals surface area (Å²) in [5.74, 6) is -3.41. The maximum Gasteiger partial charge on any atom is 0.425 e. The molecule has 0 saturated carbocycles. The first-order chi connectivity index (χ1) is 11.9. The van der Waals surface area contributed by atoms with Crippen LogP contribution in [-0.2, 0) is 0 Å². The third kappa shape index (κ3) is 4.77. The van der Waals surface area contributed by atoms with E-state index >= 15 is 0 Å². The molecule has 0 aliphatic heterocycles. The van der Waals surface area contributed by atoms with Gasteiger partial charge in [0.25, 0.3) is 0 Å². The molecule has 0 aromatic heterocycles. The van der Waals surface area contributed by atoms with E-state index in [1.54, 1.807) is 13.8 Å². The SMILES string of the molecule is CCN(CC)C(=O)N(C)c1cc(OC(C)C(F)(F)F)c(C(=O)O)cc1F. The van der Waals surface area contributed by atoms with E-state index in [0.29, 0.717) is 26.1 Å². The fraction of sp³-hybridized carbons (Fsp3) is 0.500. The molecule has 2 amide bonds. The highest BCUT2D eigenvalue weighted by molar-refractivity contribution is 5.95. The molecular weight excluding hydrogens is 360 g/mol. The summed E-state index contributed by atoms with van der Waals surface area (Å²) in [5, 5.41) is 9.09. The predicted molar refractivity (Wildman–Crippen MR) is 86.2 cm³/mol. The van der Waals surface area contributed by atoms with Crippen molar-refractivity contribution >= 4 is 17.7 Å². The summed E-state index contributed by atoms with van der Waals surface area (Å²) >= 11 is 0. The highest BCUT2D eigenvalue weighted by Gasteiger charge is 2.39. The van der Waals surface area contributed by atoms with Gasteiger partial charge < -0.3 is 14.7 Å². The molecule has 0 saturated heterocycles. The molecule has 1 N–H and O–H groups in total. The van der Waals surface area contributed by atoms with Crippen LogP contribution in [0.2, 0.25) is 0 Å². The number of rotatable bonds is 6. The van der Waals surface area contributed by atoms with Gasteiger partial charge in [0.05, 0.1) is 5.69 Å². The Morgan fingerprint density at radius 1 is 1.23 bits per heavy atom. The van der Waals surface area contributed by atoms with Crippen molar-refractivity contribution in [2.45, 2.75) is 33.1 Å². The number of carbonyl (C=O) groups excluding carboxylic acids is 1. The van der Waals surface area contributed by atoms with Gasteiger partial charge in [-0.3, -0.25) is 4.90 Å². The van der Waals surface area contributed by atoms with Crippen molar-refractivity contribution in [3.63, 3.8) is 0 Å². The predicted octanol–water partition coefficient (Wildman–Crippen LogP) is 3.75. The van der Waals surface area contributed by atoms with E-state index in [1.165, 1.54) is 11.9 Å². The van der Waals surface area contributed by atoms with Crippen LogP contribution in [0.15, 0.2) is 12.1 Å². The van der Waals surface area contributed by atoms with Gasteiger partial charge in [-0.1, -0.05) is 0 Å². The third-order valence-electron chi connectivity index (χ3n) is 3.73. The molecule has 0 bridgehead atoms. The second-order valence-corrected chi connectivity index (χ2v) is 5.42. The first kappa shape index (κ1) is 21.5. The van der Waals surface area contributed by atoms with Crippen LogP contribution in [0, 0.1) is 5.82 Å². The topological polar surface area (TPSA) is 70.1 Å². The maximum absolute atomic E-state index is 14.3. The zero-order valence-corrected chi connectivity index (χ0v) is 14.7. The van der Waals surface area contributed by atoms with E-state index in [1.807, 2.05) is 0 Å². The molecule has 1 aromatic carbocycles. The van der Waals surface area contributed by atoms with E-state index in [9.17, 15) is 27.2 Å². The van der Waals surface area contributed by atoms with Crippen LogP contribution < -0.4 is 9.64 Å². The van der Waals surface area contributed by atoms with E-state index in [0.717, 1.165) is 11.0 Å². The van der Waals surface area contributed by atoms with Crippen molar-refractivity contribution in [3.8, 4) is 5.75 Å². The number of hydrogen-bond acceptors (Lipinski definition) is 3. The van der Waals surface area contributed by atoms with Crippen molar-refractivity contribution in [1.82, 2.24) is 4.90 Å². The Morgan fingerprint density at radius 2 is 1.77 bits per heavy atom. The zero-order chi connectivity index (χ0) is 20.2. The second-order valence-electron chi connectivity index (χ2n) is 5.42. The van der Waals surface area contributed by atoms with Crippen LogP contribution in [-0.4, -0.2) is 54.4 Å². The average Bonchev–Trinajstić information content (AvgIpc) is 2.55. The summed E-state index contributed by atoms with van der Waals surface area (Å²) in [6.07, 6.45) is -7.06. The molecule has 6 nitrogen and oxygen atoms in total. The summed E-state index contributed by atoms with van der Waals surface area (Å²) in [4.78, 5) is 25.8. The van der Waals surface area contributed by atoms with Crippen molar-refractivity contribution < 1.29 is 37.0 Å². The Morgan fingerprint density at radius 3 is 2.19 bits per heavy atom. The number of amides is 2. The fourth-order valence-electron chi connectivity index (χ4n) is 2.13. The zero-order valence-electron chi connectivity index (χ0n) is 14.7. The Hall–Kier alpha value is -2.52. The number of urea groups is 1. The lowest BCUT2D eigenvalue weighted by atomic mass is 10.1. The maximum atomic E-state index is 14.3. The summed E-state index contributed by atoms with van der Waals surface area (Å²) in [6, 6.07) is 0.719. The summed E-state index contributed by atoms with van der Waals surface area (Å²) < 4.78 is 57.1. The summed E-state index contributed by atoms with van der Waals surface area (Å²) in [7, 11) is 1.23. The number of carboxylic acids is 1. The summed E-state index contributed by atoms with van der Waals surface area (Å²) in [5.41, 5.74) is -1.16. The summed E-state index contributed by atoms with van der Waals surface area (Å²) in [6.45, 7) is 4.78. The Bertz CT molecular complexity index is 675. The number of alkyl halides is 3. The number of hydrogen-bond donors (Lipinski definition) is 1. The minimum Gasteiger partial charge on any atom is -0.480 e. The molecule has 146 valence electrons. The number of carbonyl (C=O) groups is 2. The standard InChI is InChI=1S/C16H20F4N2O4/c1-5-22(6-2)15(25)21(4)12-8-13(26-9(3)16(18,19)20)10(14(23)24)7-11(12)17/h7-9H,5-6H2,1-4H3,(H,23,24). The lowest BCUT2D eigenvalue weighted by Crippen LogP contribution is -2.41. The lowest BCUT2D eigenvalue weighted by molar-refractivity contribution is -0.189. The van der Waals surface area contributed by atoms with Crippen molar-refractivity contribution in [2.75, 3.05) is 25.0 Å². The molecule has 0 aliphatic carbocycles. The minimum atomic E-state index is -4.74. The van der Waals surface area contributed by atoms with Crippen molar-refractivity contribution in [2.24, 2.45) is 0 Å². The molecule has 1 unspecified atom stereocenters. The van der Waals surface area contributed by atoms with Gasteiger partial charge in [0.2, 0.25) is 0 Å². The number of anilines is 1. The largest absolute Gasteiger partial charge is 0.480 e. The van der Waals surface area contributed by atoms with E-state index in [-0.39, 0.29) is 0 Å². The second kappa shape index (κ2) is 8.24. The highest BCUT2D eigenvalue weighted by atomic mass is 19.4. The normalized spacial score (nSPS) is 12.5. The number of benzene rings is 1. The molecule has 1 rings (SSSR count). The molecular formula is C16H20F4N2O4. The number of halogens is 4. The average molecular weight is 380 g/mol. The van der Waals surface area contributed by atoms with Crippen molar-refractivity contribution in [3.05, 3.63) is 23.5 Å². The van der Waals surface area contributed by atoms with E-state index in [4.69, 9.17) is 5.11 Å². The van der Waals surface area contributed by atoms with Gasteiger partial charge in [0, 0.05) is 26.2 Å². The van der Waals surface area contributed by atoms with Gasteiger partial charge in [-0.2, -0.15) is 13.2 Å². The molecule has 0 radical (unpaired) electrons. The van der Waals surface area contributed by atoms with E-state index in [2.05, 4.69) is 4.74 Å². The first-order valence-corrected chi connectivity index (χ1v) is 7.76. The van der Waals surface area contributed by atoms with Gasteiger partial charge in [0.15, 0.2) is 6.10 Å². The number of carboxylic acid groups (broad SMARTS) is 1. The van der Waals surface area contributed by atoms with Crippen LogP contribution in [0.3, 0.4) is 0 Å². The Balaban J connectivity index is 3.36. The van der Waals surface area contributed by atoms with Crippen molar-refractivity contribution in [1.29, 1.82) is 0 Å². The van der Waals surface area contributed by atoms with Crippen LogP contribution in [0.5, 0.6) is 5.75 Å². The Kier molecular flexibility index (Phi) is 6.82. The van der Waals surface area contributed by atoms with Crippen LogP contribution >= 0.6 is 0 Å². The lowest BCUT2D eigenvalue weighted by Gasteiger charge is -2.27. The van der Waals surface area contributed by atoms with E-state index < -0.39 is 47.1 Å². The van der Waals surface area contributed by atoms with Gasteiger partial charge in [-0.15, -0.1) is 0 Å². The van der Waals surface area contributed by atoms with Gasteiger partial charge in [-0.25, -0.2) is 14.0 Å². The molecule has 0 heterocycles. The first-order valence-electron chi connectivity index (χ1n) is 7.76. The smallest absolute Gasteiger partial charge is 0.425 e. The molecule has 10 heteroatoms. The molecule has 1 atom stereocenters. The quantitative estimate of drug-likeness (QED) is 0.763. The highest BCUT2D eigenvalue weighted by Crippen LogP contribution is 2.32. The number of aromatic carboxylic acids is 1. The molecule has 0 fully saturated rings. The van der Waals surface area contributed by atoms with Gasteiger partial charge >= 0.3 is 18.2 Å². The van der Waals surface area contributed by atoms with Crippen LogP contribution in [0.25, 0.3) is 0 Å². The number of nitrogens with zero attached hydrogens (tertiary/aromatic N) is 2. The van der Waals surface area contributed by atoms with Gasteiger partial charge in [-0.05, 0) is 26.8 Å². The van der Waals surface area contributed by atoms with Crippen LogP contribution in [0.4, 0.5) is 28.0 Å². The molecule has 0 spiro atoms. The number of ether oxygens (including phenoxy) is 1. The minimum absolute atomic E-state index is 0.336. The fourth-order valence-corrected chi connectivity index (χ4v) is 2.13. The molecule has 0 aliphatic rings. The monoisotopic (exact) mass is 380 g/mol.